The molecule has 0 saturated carbocycles. The Labute approximate surface area is 265 Å². The number of aliphatic carboxylic acids is 1. The molecule has 4 aromatic rings. The van der Waals surface area contributed by atoms with Gasteiger partial charge in [0.1, 0.15) is 11.3 Å². The average molecular weight is 565 g/mol. The van der Waals surface area contributed by atoms with Crippen LogP contribution >= 0.6 is 0 Å². The summed E-state index contributed by atoms with van der Waals surface area (Å²) in [6, 6.07) is 10.3. The van der Waals surface area contributed by atoms with Crippen LogP contribution < -0.4 is 34.7 Å². The predicted octanol–water partition coefficient (Wildman–Crippen LogP) is 1.36. The Balaban J connectivity index is 0.00000387. The number of likely N-dealkylation sites (tertiary alicyclic amines) is 1. The third kappa shape index (κ3) is 6.31. The van der Waals surface area contributed by atoms with Gasteiger partial charge in [-0.15, -0.1) is 5.10 Å². The average Bonchev–Trinajstić information content (AvgIpc) is 3.53. The first-order chi connectivity index (χ1) is 19.1. The molecule has 41 heavy (non-hydrogen) atoms. The molecule has 2 aromatic heterocycles. The van der Waals surface area contributed by atoms with Crippen LogP contribution in [0.25, 0.3) is 11.0 Å². The van der Waals surface area contributed by atoms with E-state index in [1.807, 2.05) is 32.3 Å². The van der Waals surface area contributed by atoms with Crippen molar-refractivity contribution in [2.24, 2.45) is 18.4 Å². The number of carboxylic acid groups (broad SMARTS) is 1. The summed E-state index contributed by atoms with van der Waals surface area (Å²) in [6.07, 6.45) is 7.71. The van der Waals surface area contributed by atoms with Crippen LogP contribution in [0.3, 0.4) is 0 Å². The maximum absolute atomic E-state index is 12.5. The van der Waals surface area contributed by atoms with Gasteiger partial charge >= 0.3 is 29.6 Å². The molecule has 3 heterocycles. The number of carbonyl (C=O) groups is 1. The summed E-state index contributed by atoms with van der Waals surface area (Å²) in [7, 11) is 1.86. The second-order valence-corrected chi connectivity index (χ2v) is 12.1. The summed E-state index contributed by atoms with van der Waals surface area (Å²) >= 11 is 0. The Morgan fingerprint density at radius 2 is 1.85 bits per heavy atom. The van der Waals surface area contributed by atoms with Gasteiger partial charge in [0.25, 0.3) is 0 Å². The van der Waals surface area contributed by atoms with Gasteiger partial charge in [0, 0.05) is 43.3 Å². The molecule has 212 valence electrons. The molecule has 0 unspecified atom stereocenters. The van der Waals surface area contributed by atoms with Crippen molar-refractivity contribution in [3.8, 4) is 0 Å². The Kier molecular flexibility index (Phi) is 9.79. The van der Waals surface area contributed by atoms with Crippen LogP contribution in [-0.4, -0.2) is 48.5 Å². The minimum Gasteiger partial charge on any atom is -0.550 e. The summed E-state index contributed by atoms with van der Waals surface area (Å²) in [6.45, 7) is 13.7. The van der Waals surface area contributed by atoms with Gasteiger partial charge in [0.2, 0.25) is 0 Å². The zero-order chi connectivity index (χ0) is 28.6. The number of fused-ring (bicyclic) bond motifs is 1. The minimum absolute atomic E-state index is 0. The molecule has 1 aliphatic rings. The fourth-order valence-corrected chi connectivity index (χ4v) is 6.28. The van der Waals surface area contributed by atoms with Gasteiger partial charge in [-0.25, -0.2) is 9.67 Å². The van der Waals surface area contributed by atoms with E-state index in [4.69, 9.17) is 4.98 Å². The van der Waals surface area contributed by atoms with E-state index in [-0.39, 0.29) is 29.6 Å². The molecule has 0 radical (unpaired) electrons. The standard InChI is InChI=1S/C32H42N6O2.Na/c1-7-23-12-15-37(16-13-23)20-28-33-14-17-38(28)19-25-18-24(9-8-21(25)2)29(32(4,5)31(39)40)26-10-11-27-30(22(26)3)34-35-36(27)6;/h8-11,14,17-18,23,29H,7,12-13,15-16,19-20H2,1-6H3,(H,39,40);/q;+1/p-1/t29-;/m0./s1. The molecule has 0 N–H and O–H groups in total. The van der Waals surface area contributed by atoms with E-state index in [0.717, 1.165) is 64.7 Å². The fraction of sp³-hybridized carbons (Fsp3) is 0.500. The van der Waals surface area contributed by atoms with Crippen molar-refractivity contribution < 1.29 is 39.5 Å². The molecule has 0 aliphatic carbocycles. The first-order valence-electron chi connectivity index (χ1n) is 14.4. The molecule has 2 aromatic carbocycles. The molecule has 1 atom stereocenters. The van der Waals surface area contributed by atoms with Crippen molar-refractivity contribution in [1.82, 2.24) is 29.4 Å². The van der Waals surface area contributed by atoms with Crippen LogP contribution in [0, 0.1) is 25.2 Å². The zero-order valence-corrected chi connectivity index (χ0v) is 27.6. The quantitative estimate of drug-likeness (QED) is 0.285. The van der Waals surface area contributed by atoms with Gasteiger partial charge in [-0.05, 0) is 79.6 Å². The zero-order valence-electron chi connectivity index (χ0n) is 25.6. The minimum atomic E-state index is -1.15. The SMILES string of the molecule is CCC1CCN(Cc2nccn2Cc2cc([C@@H](c3ccc4c(nnn4C)c3C)C(C)(C)C(=O)[O-])ccc2C)CC1.[Na+]. The van der Waals surface area contributed by atoms with Crippen LogP contribution in [0.1, 0.15) is 79.6 Å². The number of piperidine rings is 1. The van der Waals surface area contributed by atoms with Crippen LogP contribution in [0.5, 0.6) is 0 Å². The number of carbonyl (C=O) groups excluding carboxylic acids is 1. The Hall–Kier alpha value is -2.52. The number of aromatic nitrogens is 5. The van der Waals surface area contributed by atoms with Crippen LogP contribution in [-0.2, 0) is 24.9 Å². The van der Waals surface area contributed by atoms with Gasteiger partial charge in [0.05, 0.1) is 12.1 Å². The topological polar surface area (TPSA) is 91.9 Å². The van der Waals surface area contributed by atoms with E-state index in [9.17, 15) is 9.90 Å². The van der Waals surface area contributed by atoms with Crippen molar-refractivity contribution in [3.05, 3.63) is 76.4 Å². The van der Waals surface area contributed by atoms with Gasteiger partial charge in [-0.3, -0.25) is 4.90 Å². The Bertz CT molecular complexity index is 1520. The van der Waals surface area contributed by atoms with E-state index in [1.54, 1.807) is 18.5 Å². The second kappa shape index (κ2) is 12.8. The third-order valence-electron chi connectivity index (χ3n) is 9.14. The number of carboxylic acids is 1. The number of hydrogen-bond donors (Lipinski definition) is 0. The van der Waals surface area contributed by atoms with E-state index in [2.05, 4.69) is 58.0 Å². The number of benzene rings is 2. The van der Waals surface area contributed by atoms with E-state index >= 15 is 0 Å². The Morgan fingerprint density at radius 1 is 1.12 bits per heavy atom. The van der Waals surface area contributed by atoms with Crippen molar-refractivity contribution in [1.29, 1.82) is 0 Å². The number of nitrogens with zero attached hydrogens (tertiary/aromatic N) is 6. The molecule has 9 heteroatoms. The molecule has 8 nitrogen and oxygen atoms in total. The monoisotopic (exact) mass is 564 g/mol. The summed E-state index contributed by atoms with van der Waals surface area (Å²) in [4.78, 5) is 19.7. The maximum Gasteiger partial charge on any atom is 1.00 e. The maximum atomic E-state index is 12.5. The number of aryl methyl sites for hydroxylation is 3. The van der Waals surface area contributed by atoms with Crippen molar-refractivity contribution in [2.75, 3.05) is 13.1 Å². The predicted molar refractivity (Wildman–Crippen MR) is 155 cm³/mol. The molecule has 0 spiro atoms. The van der Waals surface area contributed by atoms with E-state index < -0.39 is 17.3 Å². The second-order valence-electron chi connectivity index (χ2n) is 12.1. The molecule has 0 amide bonds. The number of rotatable bonds is 9. The Morgan fingerprint density at radius 3 is 2.54 bits per heavy atom. The first kappa shape index (κ1) is 31.4. The summed E-state index contributed by atoms with van der Waals surface area (Å²) in [5.41, 5.74) is 5.69. The molecule has 0 bridgehead atoms. The first-order valence-corrected chi connectivity index (χ1v) is 14.4. The van der Waals surface area contributed by atoms with Crippen LogP contribution in [0.15, 0.2) is 42.7 Å². The van der Waals surface area contributed by atoms with Gasteiger partial charge in [-0.1, -0.05) is 56.7 Å². The molecule has 1 aliphatic heterocycles. The smallest absolute Gasteiger partial charge is 0.550 e. The van der Waals surface area contributed by atoms with Crippen LogP contribution in [0.4, 0.5) is 0 Å². The molecular formula is C32H41N6NaO2. The summed E-state index contributed by atoms with van der Waals surface area (Å²) < 4.78 is 3.97. The molecule has 1 fully saturated rings. The van der Waals surface area contributed by atoms with E-state index in [1.165, 1.54) is 24.8 Å². The third-order valence-corrected chi connectivity index (χ3v) is 9.14. The number of imidazole rings is 1. The van der Waals surface area contributed by atoms with Crippen molar-refractivity contribution in [3.63, 3.8) is 0 Å². The largest absolute Gasteiger partial charge is 1.00 e. The van der Waals surface area contributed by atoms with Gasteiger partial charge in [0.15, 0.2) is 0 Å². The summed E-state index contributed by atoms with van der Waals surface area (Å²) in [5.74, 6) is 0.403. The van der Waals surface area contributed by atoms with Crippen molar-refractivity contribution >= 4 is 17.0 Å². The summed E-state index contributed by atoms with van der Waals surface area (Å²) in [5, 5.41) is 21.1. The molecule has 5 rings (SSSR count). The van der Waals surface area contributed by atoms with Crippen LogP contribution in [0.2, 0.25) is 0 Å². The van der Waals surface area contributed by atoms with Gasteiger partial charge < -0.3 is 14.5 Å². The molecule has 1 saturated heterocycles. The fourth-order valence-electron chi connectivity index (χ4n) is 6.28. The van der Waals surface area contributed by atoms with E-state index in [0.29, 0.717) is 6.54 Å². The van der Waals surface area contributed by atoms with Gasteiger partial charge in [-0.2, -0.15) is 0 Å². The normalized spacial score (nSPS) is 15.7. The molecular weight excluding hydrogens is 523 g/mol. The number of hydrogen-bond acceptors (Lipinski definition) is 6. The van der Waals surface area contributed by atoms with Crippen molar-refractivity contribution in [2.45, 2.75) is 72.9 Å².